The Kier molecular flexibility index (Phi) is 7.29. The van der Waals surface area contributed by atoms with Gasteiger partial charge in [-0.3, -0.25) is 29.3 Å². The topological polar surface area (TPSA) is 127 Å². The number of halogens is 6. The Balaban J connectivity index is 1.60. The van der Waals surface area contributed by atoms with Crippen LogP contribution >= 0.6 is 69.6 Å². The van der Waals surface area contributed by atoms with Crippen LogP contribution < -0.4 is 4.74 Å². The van der Waals surface area contributed by atoms with Gasteiger partial charge in [0.2, 0.25) is 0 Å². The number of carbonyl (C=O) groups excluding carboxylic acids is 4. The Morgan fingerprint density at radius 2 is 1.49 bits per heavy atom. The molecule has 2 fully saturated rings. The van der Waals surface area contributed by atoms with Crippen LogP contribution in [0.15, 0.2) is 58.6 Å². The van der Waals surface area contributed by atoms with Gasteiger partial charge in [-0.25, -0.2) is 5.01 Å². The average Bonchev–Trinajstić information content (AvgIpc) is 3.34. The molecule has 3 amide bonds. The number of hydrogen-bond donors (Lipinski definition) is 0. The van der Waals surface area contributed by atoms with Gasteiger partial charge in [0.15, 0.2) is 10.1 Å². The number of benzene rings is 2. The van der Waals surface area contributed by atoms with E-state index in [0.29, 0.717) is 15.8 Å². The number of alkyl halides is 4. The molecule has 0 N–H and O–H groups in total. The lowest BCUT2D eigenvalue weighted by Gasteiger charge is -2.36. The molecule has 16 heteroatoms. The molecule has 214 valence electrons. The number of nitro benzene ring substituents is 1. The van der Waals surface area contributed by atoms with Crippen LogP contribution in [0.3, 0.4) is 0 Å². The van der Waals surface area contributed by atoms with Crippen molar-refractivity contribution in [2.24, 2.45) is 11.8 Å². The summed E-state index contributed by atoms with van der Waals surface area (Å²) in [6, 6.07) is 10.4. The Morgan fingerprint density at radius 1 is 0.951 bits per heavy atom. The van der Waals surface area contributed by atoms with E-state index in [1.165, 1.54) is 43.5 Å². The summed E-state index contributed by atoms with van der Waals surface area (Å²) in [5, 5.41) is 11.7. The van der Waals surface area contributed by atoms with Gasteiger partial charge in [-0.15, -0.1) is 23.2 Å². The van der Waals surface area contributed by atoms with E-state index in [4.69, 9.17) is 74.3 Å². The quantitative estimate of drug-likeness (QED) is 0.128. The third-order valence-electron chi connectivity index (χ3n) is 7.37. The molecule has 2 aliphatic carbocycles. The summed E-state index contributed by atoms with van der Waals surface area (Å²) in [5.74, 6) is -6.62. The number of imide groups is 1. The van der Waals surface area contributed by atoms with E-state index in [0.717, 1.165) is 12.1 Å². The predicted molar refractivity (Wildman–Crippen MR) is 151 cm³/mol. The fourth-order valence-electron chi connectivity index (χ4n) is 5.36. The molecule has 0 unspecified atom stereocenters. The fourth-order valence-corrected chi connectivity index (χ4v) is 8.29. The van der Waals surface area contributed by atoms with Crippen LogP contribution in [0.4, 0.5) is 5.69 Å². The number of Topliss-reactive ketones (excluding diaryl/α,β-unsaturated/α-hetero) is 1. The number of fused-ring (bicyclic) bond motifs is 5. The number of nitro groups is 1. The minimum absolute atomic E-state index is 0.109. The molecule has 2 aromatic rings. The highest BCUT2D eigenvalue weighted by Gasteiger charge is 2.88. The summed E-state index contributed by atoms with van der Waals surface area (Å²) in [7, 11) is 1.43. The maximum Gasteiger partial charge on any atom is 0.273 e. The molecule has 1 saturated carbocycles. The molecule has 5 rings (SSSR count). The average molecular weight is 682 g/mol. The maximum absolute atomic E-state index is 13.9. The van der Waals surface area contributed by atoms with Gasteiger partial charge in [0, 0.05) is 23.3 Å². The second-order valence-corrected chi connectivity index (χ2v) is 12.7. The molecule has 4 atom stereocenters. The van der Waals surface area contributed by atoms with E-state index < -0.39 is 66.6 Å². The van der Waals surface area contributed by atoms with Crippen molar-refractivity contribution < 1.29 is 28.8 Å². The van der Waals surface area contributed by atoms with Crippen molar-refractivity contribution in [2.75, 3.05) is 13.7 Å². The second kappa shape index (κ2) is 10.00. The zero-order valence-electron chi connectivity index (χ0n) is 20.4. The molecule has 2 aromatic carbocycles. The van der Waals surface area contributed by atoms with Gasteiger partial charge in [0.1, 0.15) is 22.0 Å². The largest absolute Gasteiger partial charge is 0.497 e. The van der Waals surface area contributed by atoms with Crippen LogP contribution in [-0.2, 0) is 9.59 Å². The summed E-state index contributed by atoms with van der Waals surface area (Å²) >= 11 is 39.2. The van der Waals surface area contributed by atoms with Gasteiger partial charge < -0.3 is 4.74 Å². The molecule has 2 bridgehead atoms. The zero-order valence-corrected chi connectivity index (χ0v) is 25.0. The Hall–Kier alpha value is -2.60. The summed E-state index contributed by atoms with van der Waals surface area (Å²) in [5.41, 5.74) is -0.623. The van der Waals surface area contributed by atoms with E-state index in [1.54, 1.807) is 0 Å². The van der Waals surface area contributed by atoms with Gasteiger partial charge in [-0.05, 0) is 30.3 Å². The van der Waals surface area contributed by atoms with Crippen molar-refractivity contribution in [1.82, 2.24) is 10.0 Å². The highest BCUT2D eigenvalue weighted by atomic mass is 35.5. The van der Waals surface area contributed by atoms with Crippen LogP contribution in [-0.4, -0.2) is 66.2 Å². The minimum atomic E-state index is -2.21. The zero-order chi connectivity index (χ0) is 30.2. The highest BCUT2D eigenvalue weighted by Crippen LogP contribution is 2.77. The molecule has 0 aromatic heterocycles. The van der Waals surface area contributed by atoms with Crippen molar-refractivity contribution >= 4 is 98.8 Å². The first-order chi connectivity index (χ1) is 19.1. The Morgan fingerprint density at radius 3 is 1.98 bits per heavy atom. The summed E-state index contributed by atoms with van der Waals surface area (Å²) in [6.07, 6.45) is 0. The normalized spacial score (nSPS) is 27.7. The van der Waals surface area contributed by atoms with E-state index in [-0.39, 0.29) is 21.2 Å². The van der Waals surface area contributed by atoms with Crippen molar-refractivity contribution in [3.63, 3.8) is 0 Å². The summed E-state index contributed by atoms with van der Waals surface area (Å²) in [6.45, 7) is -0.836. The summed E-state index contributed by atoms with van der Waals surface area (Å²) < 4.78 is 2.88. The van der Waals surface area contributed by atoms with Crippen LogP contribution in [0.5, 0.6) is 5.75 Å². The van der Waals surface area contributed by atoms with Crippen molar-refractivity contribution in [3.05, 3.63) is 79.8 Å². The maximum atomic E-state index is 13.9. The number of methoxy groups -OCH3 is 1. The van der Waals surface area contributed by atoms with Crippen LogP contribution in [0, 0.1) is 22.0 Å². The number of amides is 3. The minimum Gasteiger partial charge on any atom is -0.497 e. The molecule has 0 radical (unpaired) electrons. The fraction of sp³-hybridized carbons (Fsp3) is 0.280. The highest BCUT2D eigenvalue weighted by molar-refractivity contribution is 6.66. The van der Waals surface area contributed by atoms with E-state index in [1.807, 2.05) is 0 Å². The molecule has 0 spiro atoms. The van der Waals surface area contributed by atoms with E-state index in [9.17, 15) is 29.3 Å². The molecule has 1 aliphatic heterocycles. The van der Waals surface area contributed by atoms with Crippen LogP contribution in [0.25, 0.3) is 0 Å². The van der Waals surface area contributed by atoms with E-state index in [2.05, 4.69) is 0 Å². The number of hydrazine groups is 1. The number of carbonyl (C=O) groups is 4. The SMILES string of the molecule is COc1ccc(C(=O)CN(C(=O)c2cccc([N+](=O)[O-])c2)N2C(=O)[C@H]3[C@H](C2=O)[C@@]2(Cl)C(Cl)=C(Cl)[C@@]3(Cl)C2(Cl)Cl)cc1. The lowest BCUT2D eigenvalue weighted by Crippen LogP contribution is -2.56. The molecule has 3 aliphatic rings. The van der Waals surface area contributed by atoms with Crippen LogP contribution in [0.2, 0.25) is 0 Å². The number of non-ortho nitro benzene ring substituents is 1. The first-order valence-electron chi connectivity index (χ1n) is 11.6. The molecule has 1 saturated heterocycles. The predicted octanol–water partition coefficient (Wildman–Crippen LogP) is 5.29. The molecule has 10 nitrogen and oxygen atoms in total. The molecule has 1 heterocycles. The number of ether oxygens (including phenoxy) is 1. The molecular weight excluding hydrogens is 667 g/mol. The number of rotatable bonds is 7. The molecular formula is C25H15Cl6N3O7. The van der Waals surface area contributed by atoms with Crippen molar-refractivity contribution in [1.29, 1.82) is 0 Å². The van der Waals surface area contributed by atoms with Gasteiger partial charge >= 0.3 is 0 Å². The smallest absolute Gasteiger partial charge is 0.273 e. The van der Waals surface area contributed by atoms with Gasteiger partial charge in [-0.2, -0.15) is 5.01 Å². The summed E-state index contributed by atoms with van der Waals surface area (Å²) in [4.78, 5) is 61.2. The second-order valence-electron chi connectivity index (χ2n) is 9.39. The number of ketones is 1. The lowest BCUT2D eigenvalue weighted by molar-refractivity contribution is -0.384. The Labute approximate surface area is 261 Å². The number of nitrogens with zero attached hydrogens (tertiary/aromatic N) is 3. The molecule has 41 heavy (non-hydrogen) atoms. The first-order valence-corrected chi connectivity index (χ1v) is 13.8. The van der Waals surface area contributed by atoms with Gasteiger partial charge in [0.05, 0.1) is 33.9 Å². The standard InChI is InChI=1S/C25H15Cl6N3O7/c1-41-14-7-5-11(6-8-14)15(35)10-32(20(36)12-3-2-4-13(9-12)34(39)40)33-21(37)16-17(22(33)38)24(29)19(27)18(26)23(16,28)25(24,30)31/h2-9,16-17H,10H2,1H3/t16-,17-,23-,24-/m1/s1. The number of hydrogen-bond acceptors (Lipinski definition) is 7. The van der Waals surface area contributed by atoms with Crippen LogP contribution in [0.1, 0.15) is 20.7 Å². The van der Waals surface area contributed by atoms with Gasteiger partial charge in [0.25, 0.3) is 23.4 Å². The van der Waals surface area contributed by atoms with Crippen molar-refractivity contribution in [2.45, 2.75) is 14.1 Å². The third-order valence-corrected chi connectivity index (χ3v) is 11.6. The third kappa shape index (κ3) is 3.92. The first kappa shape index (κ1) is 29.9. The van der Waals surface area contributed by atoms with Crippen molar-refractivity contribution in [3.8, 4) is 5.75 Å². The van der Waals surface area contributed by atoms with Gasteiger partial charge in [-0.1, -0.05) is 52.5 Å². The Bertz CT molecular complexity index is 1540. The lowest BCUT2D eigenvalue weighted by atomic mass is 9.84. The monoisotopic (exact) mass is 679 g/mol. The van der Waals surface area contributed by atoms with E-state index >= 15 is 0 Å². The number of allylic oxidation sites excluding steroid dienone is 2.